The molecule has 1 rings (SSSR count). The molecule has 1 amide bonds. The fraction of sp³-hybridized carbons (Fsp3) is 0.467. The number of esters is 1. The van der Waals surface area contributed by atoms with Gasteiger partial charge in [0.05, 0.1) is 13.5 Å². The van der Waals surface area contributed by atoms with Crippen LogP contribution in [0.5, 0.6) is 0 Å². The maximum absolute atomic E-state index is 12.1. The van der Waals surface area contributed by atoms with Crippen LogP contribution in [-0.2, 0) is 20.7 Å². The molecule has 1 N–H and O–H groups in total. The van der Waals surface area contributed by atoms with Gasteiger partial charge in [-0.25, -0.2) is 4.79 Å². The van der Waals surface area contributed by atoms with Crippen molar-refractivity contribution in [3.63, 3.8) is 0 Å². The smallest absolute Gasteiger partial charge is 0.331 e. The number of halogens is 1. The van der Waals surface area contributed by atoms with Crippen LogP contribution in [0.3, 0.4) is 0 Å². The van der Waals surface area contributed by atoms with E-state index in [0.717, 1.165) is 12.0 Å². The van der Waals surface area contributed by atoms with Crippen LogP contribution in [0.15, 0.2) is 24.3 Å². The normalized spacial score (nSPS) is 13.4. The van der Waals surface area contributed by atoms with E-state index < -0.39 is 11.5 Å². The molecule has 0 heterocycles. The second kappa shape index (κ2) is 7.29. The molecule has 1 unspecified atom stereocenters. The topological polar surface area (TPSA) is 55.4 Å². The Bertz CT molecular complexity index is 490. The fourth-order valence-corrected chi connectivity index (χ4v) is 2.31. The summed E-state index contributed by atoms with van der Waals surface area (Å²) in [6, 6.07) is 7.15. The summed E-state index contributed by atoms with van der Waals surface area (Å²) in [6.07, 6.45) is 1.42. The Morgan fingerprint density at radius 3 is 2.55 bits per heavy atom. The first-order chi connectivity index (χ1) is 9.42. The molecular weight excluding hydrogens is 278 g/mol. The third-order valence-electron chi connectivity index (χ3n) is 3.11. The maximum Gasteiger partial charge on any atom is 0.331 e. The average Bonchev–Trinajstić information content (AvgIpc) is 2.40. The minimum atomic E-state index is -0.998. The lowest BCUT2D eigenvalue weighted by Gasteiger charge is -2.27. The quantitative estimate of drug-likeness (QED) is 0.822. The third-order valence-corrected chi connectivity index (χ3v) is 3.48. The van der Waals surface area contributed by atoms with Crippen molar-refractivity contribution < 1.29 is 14.3 Å². The van der Waals surface area contributed by atoms with Gasteiger partial charge in [-0.3, -0.25) is 4.79 Å². The zero-order chi connectivity index (χ0) is 15.2. The van der Waals surface area contributed by atoms with Crippen LogP contribution in [0.4, 0.5) is 0 Å². The summed E-state index contributed by atoms with van der Waals surface area (Å²) in [7, 11) is 1.32. The van der Waals surface area contributed by atoms with Gasteiger partial charge in [-0.15, -0.1) is 0 Å². The molecule has 0 saturated heterocycles. The van der Waals surface area contributed by atoms with Gasteiger partial charge in [0.1, 0.15) is 5.54 Å². The molecule has 0 aliphatic heterocycles. The van der Waals surface area contributed by atoms with Crippen molar-refractivity contribution in [1.82, 2.24) is 5.32 Å². The van der Waals surface area contributed by atoms with E-state index in [2.05, 4.69) is 5.32 Å². The molecular formula is C15H20ClNO3. The number of nitrogens with one attached hydrogen (secondary N) is 1. The maximum atomic E-state index is 12.1. The Morgan fingerprint density at radius 2 is 2.00 bits per heavy atom. The third kappa shape index (κ3) is 4.23. The Labute approximate surface area is 124 Å². The van der Waals surface area contributed by atoms with Gasteiger partial charge in [-0.05, 0) is 25.0 Å². The fourth-order valence-electron chi connectivity index (χ4n) is 2.11. The van der Waals surface area contributed by atoms with E-state index in [-0.39, 0.29) is 12.3 Å². The summed E-state index contributed by atoms with van der Waals surface area (Å²) in [6.45, 7) is 3.62. The van der Waals surface area contributed by atoms with Crippen molar-refractivity contribution >= 4 is 23.5 Å². The SMILES string of the molecule is CCCC(C)(NC(=O)Cc1ccccc1Cl)C(=O)OC. The Hall–Kier alpha value is -1.55. The van der Waals surface area contributed by atoms with Crippen LogP contribution in [0, 0.1) is 0 Å². The van der Waals surface area contributed by atoms with Gasteiger partial charge < -0.3 is 10.1 Å². The van der Waals surface area contributed by atoms with Gasteiger partial charge in [-0.2, -0.15) is 0 Å². The summed E-state index contributed by atoms with van der Waals surface area (Å²) >= 11 is 6.02. The van der Waals surface area contributed by atoms with Crippen molar-refractivity contribution in [2.24, 2.45) is 0 Å². The molecule has 0 aliphatic carbocycles. The van der Waals surface area contributed by atoms with Crippen LogP contribution < -0.4 is 5.32 Å². The van der Waals surface area contributed by atoms with Crippen molar-refractivity contribution in [3.05, 3.63) is 34.9 Å². The molecule has 0 fully saturated rings. The number of benzene rings is 1. The summed E-state index contributed by atoms with van der Waals surface area (Å²) < 4.78 is 4.76. The molecule has 20 heavy (non-hydrogen) atoms. The molecule has 110 valence electrons. The molecule has 1 atom stereocenters. The highest BCUT2D eigenvalue weighted by Gasteiger charge is 2.35. The number of ether oxygens (including phenoxy) is 1. The molecule has 0 radical (unpaired) electrons. The van der Waals surface area contributed by atoms with Crippen molar-refractivity contribution in [2.75, 3.05) is 7.11 Å². The van der Waals surface area contributed by atoms with Crippen molar-refractivity contribution in [2.45, 2.75) is 38.6 Å². The summed E-state index contributed by atoms with van der Waals surface area (Å²) in [5.41, 5.74) is -0.266. The number of hydrogen-bond acceptors (Lipinski definition) is 3. The zero-order valence-corrected chi connectivity index (χ0v) is 12.8. The number of hydrogen-bond donors (Lipinski definition) is 1. The Morgan fingerprint density at radius 1 is 1.35 bits per heavy atom. The highest BCUT2D eigenvalue weighted by Crippen LogP contribution is 2.18. The van der Waals surface area contributed by atoms with E-state index in [1.165, 1.54) is 7.11 Å². The summed E-state index contributed by atoms with van der Waals surface area (Å²) in [5, 5.41) is 3.29. The standard InChI is InChI=1S/C15H20ClNO3/c1-4-9-15(2,14(19)20-3)17-13(18)10-11-7-5-6-8-12(11)16/h5-8H,4,9-10H2,1-3H3,(H,17,18). The lowest BCUT2D eigenvalue weighted by atomic mass is 9.95. The van der Waals surface area contributed by atoms with Crippen molar-refractivity contribution in [3.8, 4) is 0 Å². The molecule has 0 aromatic heterocycles. The molecule has 0 bridgehead atoms. The van der Waals surface area contributed by atoms with Crippen LogP contribution in [0.1, 0.15) is 32.3 Å². The van der Waals surface area contributed by atoms with Gasteiger partial charge >= 0.3 is 5.97 Å². The highest BCUT2D eigenvalue weighted by molar-refractivity contribution is 6.31. The van der Waals surface area contributed by atoms with Gasteiger partial charge in [0.25, 0.3) is 0 Å². The highest BCUT2D eigenvalue weighted by atomic mass is 35.5. The predicted molar refractivity (Wildman–Crippen MR) is 78.6 cm³/mol. The molecule has 1 aromatic carbocycles. The summed E-state index contributed by atoms with van der Waals surface area (Å²) in [5.74, 6) is -0.689. The lowest BCUT2D eigenvalue weighted by molar-refractivity contribution is -0.150. The van der Waals surface area contributed by atoms with Gasteiger partial charge in [0.15, 0.2) is 0 Å². The first kappa shape index (κ1) is 16.5. The van der Waals surface area contributed by atoms with Gasteiger partial charge in [-0.1, -0.05) is 43.1 Å². The minimum absolute atomic E-state index is 0.135. The van der Waals surface area contributed by atoms with Crippen molar-refractivity contribution in [1.29, 1.82) is 0 Å². The second-order valence-corrected chi connectivity index (χ2v) is 5.30. The number of methoxy groups -OCH3 is 1. The number of carbonyl (C=O) groups excluding carboxylic acids is 2. The molecule has 0 saturated carbocycles. The van der Waals surface area contributed by atoms with Crippen LogP contribution in [0.25, 0.3) is 0 Å². The Kier molecular flexibility index (Phi) is 6.02. The first-order valence-electron chi connectivity index (χ1n) is 6.55. The van der Waals surface area contributed by atoms with E-state index in [1.807, 2.05) is 13.0 Å². The van der Waals surface area contributed by atoms with E-state index in [1.54, 1.807) is 25.1 Å². The first-order valence-corrected chi connectivity index (χ1v) is 6.93. The molecule has 0 spiro atoms. The second-order valence-electron chi connectivity index (χ2n) is 4.89. The van der Waals surface area contributed by atoms with E-state index in [4.69, 9.17) is 16.3 Å². The zero-order valence-electron chi connectivity index (χ0n) is 12.0. The molecule has 1 aromatic rings. The van der Waals surface area contributed by atoms with Crippen LogP contribution in [-0.4, -0.2) is 24.5 Å². The van der Waals surface area contributed by atoms with Gasteiger partial charge in [0, 0.05) is 5.02 Å². The minimum Gasteiger partial charge on any atom is -0.467 e. The van der Waals surface area contributed by atoms with E-state index >= 15 is 0 Å². The van der Waals surface area contributed by atoms with E-state index in [0.29, 0.717) is 11.4 Å². The van der Waals surface area contributed by atoms with Crippen LogP contribution in [0.2, 0.25) is 5.02 Å². The number of amides is 1. The molecule has 5 heteroatoms. The number of carbonyl (C=O) groups is 2. The molecule has 0 aliphatic rings. The largest absolute Gasteiger partial charge is 0.467 e. The lowest BCUT2D eigenvalue weighted by Crippen LogP contribution is -2.53. The average molecular weight is 298 g/mol. The van der Waals surface area contributed by atoms with Crippen LogP contribution >= 0.6 is 11.6 Å². The molecule has 4 nitrogen and oxygen atoms in total. The summed E-state index contributed by atoms with van der Waals surface area (Å²) in [4.78, 5) is 23.9. The predicted octanol–water partition coefficient (Wildman–Crippen LogP) is 2.73. The Balaban J connectivity index is 2.77. The number of rotatable bonds is 6. The van der Waals surface area contributed by atoms with Gasteiger partial charge in [0.2, 0.25) is 5.91 Å². The monoisotopic (exact) mass is 297 g/mol. The van der Waals surface area contributed by atoms with E-state index in [9.17, 15) is 9.59 Å².